The predicted octanol–water partition coefficient (Wildman–Crippen LogP) is 5.33. The molecule has 1 aliphatic heterocycles. The maximum absolute atomic E-state index is 13.8. The second kappa shape index (κ2) is 10.6. The summed E-state index contributed by atoms with van der Waals surface area (Å²) in [6.45, 7) is 4.01. The Morgan fingerprint density at radius 1 is 1.22 bits per heavy atom. The molecule has 0 amide bonds. The molecule has 4 aliphatic rings. The SMILES string of the molecule is CN(C)C1CCN(c2cc3[nH]ncc3cc2Nc2ncnc3sc4c(c23)CCC(C(=O)C2CC23CC(C)(C=N)CC3O)C4)CC1. The highest BCUT2D eigenvalue weighted by molar-refractivity contribution is 7.19. The second-order valence-electron chi connectivity index (χ2n) is 14.6. The average molecular weight is 627 g/mol. The number of hydrogen-bond acceptors (Lipinski definition) is 10. The van der Waals surface area contributed by atoms with Gasteiger partial charge in [0.05, 0.1) is 34.6 Å². The number of H-pyrrole nitrogens is 1. The second-order valence-corrected chi connectivity index (χ2v) is 15.7. The molecule has 1 spiro atoms. The first-order chi connectivity index (χ1) is 21.7. The number of rotatable bonds is 7. The minimum absolute atomic E-state index is 0.0291. The van der Waals surface area contributed by atoms with Gasteiger partial charge in [0, 0.05) is 58.3 Å². The number of anilines is 3. The molecular weight excluding hydrogens is 584 g/mol. The van der Waals surface area contributed by atoms with E-state index in [4.69, 9.17) is 10.4 Å². The third kappa shape index (κ3) is 4.77. The van der Waals surface area contributed by atoms with Crippen molar-refractivity contribution in [3.05, 3.63) is 35.1 Å². The van der Waals surface area contributed by atoms with Gasteiger partial charge < -0.3 is 25.6 Å². The molecule has 1 aromatic carbocycles. The van der Waals surface area contributed by atoms with Crippen molar-refractivity contribution in [3.63, 3.8) is 0 Å². The van der Waals surface area contributed by atoms with E-state index in [2.05, 4.69) is 56.5 Å². The lowest BCUT2D eigenvalue weighted by Gasteiger charge is -2.37. The van der Waals surface area contributed by atoms with Crippen molar-refractivity contribution in [1.29, 1.82) is 5.41 Å². The summed E-state index contributed by atoms with van der Waals surface area (Å²) < 4.78 is 0. The van der Waals surface area contributed by atoms with Crippen LogP contribution in [0.15, 0.2) is 24.7 Å². The molecule has 10 nitrogen and oxygen atoms in total. The lowest BCUT2D eigenvalue weighted by Crippen LogP contribution is -2.42. The molecule has 11 heteroatoms. The van der Waals surface area contributed by atoms with Crippen LogP contribution < -0.4 is 10.2 Å². The van der Waals surface area contributed by atoms with E-state index in [0.29, 0.717) is 18.2 Å². The zero-order valence-corrected chi connectivity index (χ0v) is 27.1. The van der Waals surface area contributed by atoms with Crippen LogP contribution in [0.3, 0.4) is 0 Å². The van der Waals surface area contributed by atoms with E-state index in [1.807, 2.05) is 13.1 Å². The van der Waals surface area contributed by atoms with Crippen molar-refractivity contribution in [2.45, 2.75) is 70.4 Å². The number of aromatic amines is 1. The number of aryl methyl sites for hydroxylation is 1. The quantitative estimate of drug-likeness (QED) is 0.202. The lowest BCUT2D eigenvalue weighted by molar-refractivity contribution is -0.125. The van der Waals surface area contributed by atoms with Gasteiger partial charge in [0.1, 0.15) is 22.8 Å². The number of ketones is 1. The smallest absolute Gasteiger partial charge is 0.142 e. The van der Waals surface area contributed by atoms with Crippen LogP contribution in [0.4, 0.5) is 17.2 Å². The maximum atomic E-state index is 13.8. The Balaban J connectivity index is 1.06. The number of carbonyl (C=O) groups excluding carboxylic acids is 1. The van der Waals surface area contributed by atoms with Crippen LogP contribution in [0.1, 0.15) is 55.9 Å². The highest BCUT2D eigenvalue weighted by Gasteiger charge is 2.68. The number of aromatic nitrogens is 4. The van der Waals surface area contributed by atoms with E-state index in [1.165, 1.54) is 16.7 Å². The van der Waals surface area contributed by atoms with Crippen LogP contribution in [0.2, 0.25) is 0 Å². The topological polar surface area (TPSA) is 134 Å². The van der Waals surface area contributed by atoms with Crippen molar-refractivity contribution in [3.8, 4) is 0 Å². The Bertz CT molecular complexity index is 1810. The minimum Gasteiger partial charge on any atom is -0.392 e. The molecule has 4 heterocycles. The number of carbonyl (C=O) groups is 1. The summed E-state index contributed by atoms with van der Waals surface area (Å²) >= 11 is 1.69. The number of nitrogens with one attached hydrogen (secondary N) is 3. The zero-order chi connectivity index (χ0) is 31.1. The van der Waals surface area contributed by atoms with Gasteiger partial charge in [0.25, 0.3) is 0 Å². The molecule has 0 radical (unpaired) electrons. The van der Waals surface area contributed by atoms with Gasteiger partial charge in [-0.3, -0.25) is 9.89 Å². The van der Waals surface area contributed by atoms with Gasteiger partial charge in [-0.15, -0.1) is 11.3 Å². The third-order valence-corrected chi connectivity index (χ3v) is 12.6. The van der Waals surface area contributed by atoms with Crippen molar-refractivity contribution >= 4 is 61.6 Å². The maximum Gasteiger partial charge on any atom is 0.142 e. The normalized spacial score (nSPS) is 30.0. The Morgan fingerprint density at radius 2 is 2.04 bits per heavy atom. The van der Waals surface area contributed by atoms with Gasteiger partial charge in [-0.1, -0.05) is 6.92 Å². The Labute approximate surface area is 267 Å². The number of Topliss-reactive ketones (excluding diaryl/α,β-unsaturated/α-hetero) is 1. The van der Waals surface area contributed by atoms with Gasteiger partial charge in [-0.05, 0) is 83.2 Å². The summed E-state index contributed by atoms with van der Waals surface area (Å²) in [4.78, 5) is 30.2. The third-order valence-electron chi connectivity index (χ3n) is 11.5. The molecular formula is C34H42N8O2S. The van der Waals surface area contributed by atoms with Crippen molar-refractivity contribution in [2.75, 3.05) is 37.4 Å². The Kier molecular flexibility index (Phi) is 6.82. The fourth-order valence-corrected chi connectivity index (χ4v) is 10.1. The molecule has 3 aliphatic carbocycles. The van der Waals surface area contributed by atoms with Gasteiger partial charge in [-0.2, -0.15) is 5.10 Å². The molecule has 0 bridgehead atoms. The van der Waals surface area contributed by atoms with Crippen LogP contribution in [0, 0.1) is 28.1 Å². The van der Waals surface area contributed by atoms with Crippen LogP contribution in [0.25, 0.3) is 21.1 Å². The first-order valence-electron chi connectivity index (χ1n) is 16.3. The van der Waals surface area contributed by atoms with E-state index in [1.54, 1.807) is 17.7 Å². The number of piperidine rings is 1. The van der Waals surface area contributed by atoms with Crippen LogP contribution >= 0.6 is 11.3 Å². The molecule has 236 valence electrons. The number of fused-ring (bicyclic) bond motifs is 4. The number of hydrogen-bond donors (Lipinski definition) is 4. The summed E-state index contributed by atoms with van der Waals surface area (Å²) in [7, 11) is 4.33. The van der Waals surface area contributed by atoms with Crippen LogP contribution in [-0.4, -0.2) is 81.5 Å². The van der Waals surface area contributed by atoms with Crippen LogP contribution in [-0.2, 0) is 17.6 Å². The van der Waals surface area contributed by atoms with Gasteiger partial charge >= 0.3 is 0 Å². The van der Waals surface area contributed by atoms with Gasteiger partial charge in [-0.25, -0.2) is 9.97 Å². The van der Waals surface area contributed by atoms with Gasteiger partial charge in [0.2, 0.25) is 0 Å². The monoisotopic (exact) mass is 626 g/mol. The minimum atomic E-state index is -0.490. The highest BCUT2D eigenvalue weighted by Crippen LogP contribution is 2.68. The lowest BCUT2D eigenvalue weighted by atomic mass is 9.81. The predicted molar refractivity (Wildman–Crippen MR) is 179 cm³/mol. The number of nitrogens with zero attached hydrogens (tertiary/aromatic N) is 5. The van der Waals surface area contributed by atoms with E-state index in [0.717, 1.165) is 96.3 Å². The van der Waals surface area contributed by atoms with E-state index in [9.17, 15) is 9.90 Å². The summed E-state index contributed by atoms with van der Waals surface area (Å²) in [5.74, 6) is 1.02. The number of thiophene rings is 1. The molecule has 5 unspecified atom stereocenters. The van der Waals surface area contributed by atoms with Gasteiger partial charge in [0.15, 0.2) is 0 Å². The van der Waals surface area contributed by atoms with Crippen molar-refractivity contribution < 1.29 is 9.90 Å². The number of aliphatic hydroxyl groups is 1. The van der Waals surface area contributed by atoms with Crippen LogP contribution in [0.5, 0.6) is 0 Å². The largest absolute Gasteiger partial charge is 0.392 e. The van der Waals surface area contributed by atoms with E-state index in [-0.39, 0.29) is 22.7 Å². The summed E-state index contributed by atoms with van der Waals surface area (Å²) in [5, 5.41) is 32.0. The molecule has 1 saturated heterocycles. The number of benzene rings is 1. The molecule has 4 aromatic rings. The average Bonchev–Trinajstić information content (AvgIpc) is 3.28. The molecule has 8 rings (SSSR count). The molecule has 45 heavy (non-hydrogen) atoms. The Morgan fingerprint density at radius 3 is 2.80 bits per heavy atom. The fourth-order valence-electron chi connectivity index (χ4n) is 8.79. The highest BCUT2D eigenvalue weighted by atomic mass is 32.1. The summed E-state index contributed by atoms with van der Waals surface area (Å²) in [6.07, 6.45) is 11.2. The molecule has 5 atom stereocenters. The molecule has 3 fully saturated rings. The van der Waals surface area contributed by atoms with E-state index < -0.39 is 6.10 Å². The van der Waals surface area contributed by atoms with Crippen molar-refractivity contribution in [2.24, 2.45) is 22.7 Å². The molecule has 3 aromatic heterocycles. The Hall–Kier alpha value is -3.41. The zero-order valence-electron chi connectivity index (χ0n) is 26.3. The standard InChI is InChI=1S/C34H42N8O2S/c1-33(17-35)14-28(43)34(16-33)13-23(34)30(44)19-4-5-22-27(11-19)45-32-29(22)31(36-18-37-32)39-25-10-20-15-38-40-24(20)12-26(25)42-8-6-21(7-9-42)41(2)3/h10,12,15,17-19,21,23,28,35,43H,4-9,11,13-14,16H2,1-3H3,(H,38,40)(H,36,37,39). The van der Waals surface area contributed by atoms with E-state index >= 15 is 0 Å². The first-order valence-corrected chi connectivity index (χ1v) is 17.1. The molecule has 2 saturated carbocycles. The fraction of sp³-hybridized carbons (Fsp3) is 0.559. The summed E-state index contributed by atoms with van der Waals surface area (Å²) in [5.41, 5.74) is 3.84. The number of aliphatic hydroxyl groups excluding tert-OH is 1. The first kappa shape index (κ1) is 29.0. The molecule has 4 N–H and O–H groups in total. The summed E-state index contributed by atoms with van der Waals surface area (Å²) in [6, 6.07) is 4.97. The van der Waals surface area contributed by atoms with Crippen molar-refractivity contribution in [1.82, 2.24) is 25.1 Å².